The molecule has 0 radical (unpaired) electrons. The van der Waals surface area contributed by atoms with Crippen LogP contribution in [0.1, 0.15) is 32.2 Å². The van der Waals surface area contributed by atoms with Crippen LogP contribution in [0, 0.1) is 12.3 Å². The molecule has 88 valence electrons. The van der Waals surface area contributed by atoms with Crippen LogP contribution < -0.4 is 5.32 Å². The molecule has 1 rings (SSSR count). The number of nitrogens with one attached hydrogen (secondary N) is 1. The van der Waals surface area contributed by atoms with E-state index < -0.39 is 0 Å². The molecule has 0 aliphatic carbocycles. The van der Waals surface area contributed by atoms with E-state index >= 15 is 0 Å². The number of terminal acetylenes is 1. The fourth-order valence-corrected chi connectivity index (χ4v) is 1.83. The van der Waals surface area contributed by atoms with Crippen molar-refractivity contribution in [2.75, 3.05) is 0 Å². The van der Waals surface area contributed by atoms with E-state index in [1.165, 1.54) is 0 Å². The first-order chi connectivity index (χ1) is 7.63. The van der Waals surface area contributed by atoms with Gasteiger partial charge in [-0.15, -0.1) is 6.42 Å². The first kappa shape index (κ1) is 13.1. The van der Waals surface area contributed by atoms with E-state index in [9.17, 15) is 0 Å². The zero-order valence-electron chi connectivity index (χ0n) is 10.0. The number of hydrogen-bond acceptors (Lipinski definition) is 2. The Labute approximate surface area is 102 Å². The maximum Gasteiger partial charge on any atom is 0.0863 e. The van der Waals surface area contributed by atoms with Gasteiger partial charge < -0.3 is 0 Å². The van der Waals surface area contributed by atoms with Gasteiger partial charge in [0.05, 0.1) is 22.5 Å². The van der Waals surface area contributed by atoms with E-state index in [4.69, 9.17) is 18.0 Å². The fourth-order valence-electron chi connectivity index (χ4n) is 1.49. The molecular weight excluding hydrogens is 222 g/mol. The summed E-state index contributed by atoms with van der Waals surface area (Å²) in [6.07, 6.45) is 6.16. The lowest BCUT2D eigenvalue weighted by Crippen LogP contribution is -2.25. The van der Waals surface area contributed by atoms with Gasteiger partial charge in [-0.3, -0.25) is 10.00 Å². The van der Waals surface area contributed by atoms with Gasteiger partial charge in [-0.05, 0) is 20.3 Å². The van der Waals surface area contributed by atoms with Gasteiger partial charge in [0.15, 0.2) is 0 Å². The second kappa shape index (κ2) is 5.93. The van der Waals surface area contributed by atoms with E-state index in [2.05, 4.69) is 30.2 Å². The highest BCUT2D eigenvalue weighted by Crippen LogP contribution is 2.21. The highest BCUT2D eigenvalue weighted by atomic mass is 35.5. The minimum Gasteiger partial charge on any atom is -0.298 e. The van der Waals surface area contributed by atoms with Gasteiger partial charge >= 0.3 is 0 Å². The molecule has 0 amide bonds. The Morgan fingerprint density at radius 1 is 1.56 bits per heavy atom. The first-order valence-corrected chi connectivity index (χ1v) is 5.95. The van der Waals surface area contributed by atoms with Crippen LogP contribution >= 0.6 is 11.6 Å². The Morgan fingerprint density at radius 3 is 2.75 bits per heavy atom. The second-order valence-electron chi connectivity index (χ2n) is 3.65. The Kier molecular flexibility index (Phi) is 4.85. The smallest absolute Gasteiger partial charge is 0.0863 e. The summed E-state index contributed by atoms with van der Waals surface area (Å²) in [4.78, 5) is 0. The fraction of sp³-hybridized carbons (Fsp3) is 0.583. The zero-order chi connectivity index (χ0) is 12.1. The number of rotatable bonds is 5. The number of hydrogen-bond donors (Lipinski definition) is 1. The van der Waals surface area contributed by atoms with Crippen LogP contribution in [-0.4, -0.2) is 15.8 Å². The third kappa shape index (κ3) is 2.78. The molecule has 1 aromatic rings. The molecule has 0 bridgehead atoms. The molecular formula is C12H18ClN3. The van der Waals surface area contributed by atoms with Crippen molar-refractivity contribution >= 4 is 11.6 Å². The number of halogens is 1. The molecule has 0 aliphatic heterocycles. The van der Waals surface area contributed by atoms with E-state index in [1.54, 1.807) is 0 Å². The Balaban J connectivity index is 2.85. The molecule has 3 nitrogen and oxygen atoms in total. The lowest BCUT2D eigenvalue weighted by atomic mass is 10.3. The van der Waals surface area contributed by atoms with Crippen LogP contribution in [0.15, 0.2) is 0 Å². The highest BCUT2D eigenvalue weighted by Gasteiger charge is 2.14. The van der Waals surface area contributed by atoms with Crippen molar-refractivity contribution in [3.8, 4) is 12.3 Å². The third-order valence-corrected chi connectivity index (χ3v) is 2.96. The Bertz CT molecular complexity index is 390. The van der Waals surface area contributed by atoms with E-state index in [1.807, 2.05) is 11.6 Å². The maximum absolute atomic E-state index is 6.26. The summed E-state index contributed by atoms with van der Waals surface area (Å²) in [6, 6.07) is 0.0429. The molecule has 4 heteroatoms. The van der Waals surface area contributed by atoms with Crippen LogP contribution in [0.5, 0.6) is 0 Å². The first-order valence-electron chi connectivity index (χ1n) is 5.57. The molecule has 16 heavy (non-hydrogen) atoms. The standard InChI is InChI=1S/C12H18ClN3/c1-5-9(4)14-8-11-12(13)10(6-2)15-16(11)7-3/h1,9,14H,6-8H2,2-4H3. The van der Waals surface area contributed by atoms with E-state index in [0.717, 1.165) is 29.4 Å². The average molecular weight is 240 g/mol. The third-order valence-electron chi connectivity index (χ3n) is 2.52. The molecule has 0 saturated carbocycles. The van der Waals surface area contributed by atoms with Crippen molar-refractivity contribution in [3.63, 3.8) is 0 Å². The van der Waals surface area contributed by atoms with Gasteiger partial charge in [-0.25, -0.2) is 0 Å². The van der Waals surface area contributed by atoms with Gasteiger partial charge in [0.1, 0.15) is 0 Å². The van der Waals surface area contributed by atoms with Crippen LogP contribution in [0.3, 0.4) is 0 Å². The van der Waals surface area contributed by atoms with E-state index in [0.29, 0.717) is 6.54 Å². The van der Waals surface area contributed by atoms with Crippen molar-refractivity contribution < 1.29 is 0 Å². The summed E-state index contributed by atoms with van der Waals surface area (Å²) in [5.74, 6) is 2.63. The molecule has 1 N–H and O–H groups in total. The van der Waals surface area contributed by atoms with Gasteiger partial charge in [-0.2, -0.15) is 5.10 Å². The molecule has 0 saturated heterocycles. The minimum atomic E-state index is 0.0429. The summed E-state index contributed by atoms with van der Waals surface area (Å²) in [7, 11) is 0. The second-order valence-corrected chi connectivity index (χ2v) is 4.02. The topological polar surface area (TPSA) is 29.9 Å². The van der Waals surface area contributed by atoms with Crippen LogP contribution in [0.2, 0.25) is 5.02 Å². The largest absolute Gasteiger partial charge is 0.298 e. The maximum atomic E-state index is 6.26. The van der Waals surface area contributed by atoms with Gasteiger partial charge in [-0.1, -0.05) is 24.4 Å². The van der Waals surface area contributed by atoms with Crippen molar-refractivity contribution in [3.05, 3.63) is 16.4 Å². The SMILES string of the molecule is C#CC(C)NCc1c(Cl)c(CC)nn1CC. The number of aryl methyl sites for hydroxylation is 2. The molecule has 1 atom stereocenters. The predicted octanol–water partition coefficient (Wildman–Crippen LogP) is 2.23. The summed E-state index contributed by atoms with van der Waals surface area (Å²) in [5, 5.41) is 8.43. The van der Waals surface area contributed by atoms with Crippen LogP contribution in [-0.2, 0) is 19.5 Å². The normalized spacial score (nSPS) is 12.4. The molecule has 0 aromatic carbocycles. The van der Waals surface area contributed by atoms with Crippen molar-refractivity contribution in [2.45, 2.75) is 46.3 Å². The lowest BCUT2D eigenvalue weighted by Gasteiger charge is -2.09. The van der Waals surface area contributed by atoms with Gasteiger partial charge in [0.2, 0.25) is 0 Å². The van der Waals surface area contributed by atoms with E-state index in [-0.39, 0.29) is 6.04 Å². The molecule has 1 unspecified atom stereocenters. The quantitative estimate of drug-likeness (QED) is 0.799. The number of aromatic nitrogens is 2. The number of nitrogens with zero attached hydrogens (tertiary/aromatic N) is 2. The van der Waals surface area contributed by atoms with Crippen LogP contribution in [0.4, 0.5) is 0 Å². The van der Waals surface area contributed by atoms with Gasteiger partial charge in [0, 0.05) is 13.1 Å². The molecule has 1 heterocycles. The summed E-state index contributed by atoms with van der Waals surface area (Å²) < 4.78 is 1.93. The molecule has 0 aliphatic rings. The summed E-state index contributed by atoms with van der Waals surface area (Å²) in [6.45, 7) is 7.53. The summed E-state index contributed by atoms with van der Waals surface area (Å²) >= 11 is 6.26. The average Bonchev–Trinajstić information content (AvgIpc) is 2.62. The highest BCUT2D eigenvalue weighted by molar-refractivity contribution is 6.31. The summed E-state index contributed by atoms with van der Waals surface area (Å²) in [5.41, 5.74) is 1.97. The zero-order valence-corrected chi connectivity index (χ0v) is 10.8. The predicted molar refractivity (Wildman–Crippen MR) is 67.4 cm³/mol. The molecule has 1 aromatic heterocycles. The van der Waals surface area contributed by atoms with Crippen molar-refractivity contribution in [2.24, 2.45) is 0 Å². The minimum absolute atomic E-state index is 0.0429. The molecule has 0 fully saturated rings. The Hall–Kier alpha value is -0.980. The van der Waals surface area contributed by atoms with Crippen molar-refractivity contribution in [1.29, 1.82) is 0 Å². The van der Waals surface area contributed by atoms with Gasteiger partial charge in [0.25, 0.3) is 0 Å². The lowest BCUT2D eigenvalue weighted by molar-refractivity contribution is 0.565. The monoisotopic (exact) mass is 239 g/mol. The molecule has 0 spiro atoms. The Morgan fingerprint density at radius 2 is 2.25 bits per heavy atom. The van der Waals surface area contributed by atoms with Crippen LogP contribution in [0.25, 0.3) is 0 Å². The van der Waals surface area contributed by atoms with Crippen molar-refractivity contribution in [1.82, 2.24) is 15.1 Å².